The molecule has 0 aliphatic rings. The van der Waals surface area contributed by atoms with E-state index in [-0.39, 0.29) is 12.4 Å². The van der Waals surface area contributed by atoms with Gasteiger partial charge in [0.05, 0.1) is 19.3 Å². The summed E-state index contributed by atoms with van der Waals surface area (Å²) in [5.74, 6) is -1.41. The second-order valence-corrected chi connectivity index (χ2v) is 4.85. The molecule has 0 saturated heterocycles. The van der Waals surface area contributed by atoms with E-state index < -0.39 is 11.9 Å². The first-order chi connectivity index (χ1) is 11.4. The van der Waals surface area contributed by atoms with E-state index in [0.717, 1.165) is 25.2 Å². The molecule has 0 radical (unpaired) electrons. The summed E-state index contributed by atoms with van der Waals surface area (Å²) >= 11 is 0. The first-order valence-electron chi connectivity index (χ1n) is 7.90. The lowest BCUT2D eigenvalue weighted by Gasteiger charge is -2.13. The number of carbonyl (C=O) groups is 3. The predicted octanol–water partition coefficient (Wildman–Crippen LogP) is 3.64. The van der Waals surface area contributed by atoms with Crippen LogP contribution in [0.5, 0.6) is 0 Å². The molecule has 0 aromatic rings. The van der Waals surface area contributed by atoms with E-state index in [2.05, 4.69) is 31.7 Å². The van der Waals surface area contributed by atoms with Gasteiger partial charge in [-0.15, -0.1) is 0 Å². The number of carbonyl (C=O) groups excluding carboxylic acids is 2. The average Bonchev–Trinajstić information content (AvgIpc) is 2.55. The highest BCUT2D eigenvalue weighted by atomic mass is 16.5. The van der Waals surface area contributed by atoms with Crippen LogP contribution in [0.4, 0.5) is 0 Å². The molecule has 0 aliphatic carbocycles. The molecule has 0 amide bonds. The van der Waals surface area contributed by atoms with Crippen LogP contribution in [0.25, 0.3) is 0 Å². The number of unbranched alkanes of at least 4 members (excludes halogenated alkanes) is 1. The Labute approximate surface area is 143 Å². The third-order valence-corrected chi connectivity index (χ3v) is 2.93. The first kappa shape index (κ1) is 23.9. The summed E-state index contributed by atoms with van der Waals surface area (Å²) in [6, 6.07) is 0. The number of aliphatic carboxylic acids is 1. The molecule has 1 atom stereocenters. The van der Waals surface area contributed by atoms with Crippen molar-refractivity contribution in [1.82, 2.24) is 0 Å². The first-order valence-corrected chi connectivity index (χ1v) is 7.90. The van der Waals surface area contributed by atoms with Crippen molar-refractivity contribution in [3.8, 4) is 0 Å². The van der Waals surface area contributed by atoms with E-state index >= 15 is 0 Å². The largest absolute Gasteiger partial charge is 0.478 e. The lowest BCUT2D eigenvalue weighted by molar-refractivity contribution is -0.139. The van der Waals surface area contributed by atoms with Gasteiger partial charge in [0.2, 0.25) is 0 Å². The molecule has 0 heterocycles. The molecule has 0 aromatic carbocycles. The van der Waals surface area contributed by atoms with E-state index in [9.17, 15) is 14.4 Å². The van der Waals surface area contributed by atoms with Gasteiger partial charge in [-0.1, -0.05) is 52.3 Å². The Balaban J connectivity index is 0. The summed E-state index contributed by atoms with van der Waals surface area (Å²) < 4.78 is 9.29. The Kier molecular flexibility index (Phi) is 16.9. The van der Waals surface area contributed by atoms with Gasteiger partial charge in [-0.25, -0.2) is 9.59 Å². The molecule has 24 heavy (non-hydrogen) atoms. The number of ether oxygens (including phenoxy) is 2. The number of hydrogen-bond acceptors (Lipinski definition) is 5. The molecule has 136 valence electrons. The number of esters is 2. The standard InChI is InChI=1S/C11H20O2.C7H8O4/c1-4-7-8-10(5-2)9-13-11(12)6-3;1-2-11-7(10)5-3-4-6(8)9/h6,10H,3-5,7-9H2,1-2H3;2-4H,1,5H2,(H,8,9). The van der Waals surface area contributed by atoms with Crippen molar-refractivity contribution in [2.45, 2.75) is 46.0 Å². The third kappa shape index (κ3) is 17.7. The number of hydrogen-bond donors (Lipinski definition) is 1. The molecule has 0 spiro atoms. The van der Waals surface area contributed by atoms with E-state index in [0.29, 0.717) is 12.5 Å². The van der Waals surface area contributed by atoms with Crippen LogP contribution in [0.3, 0.4) is 0 Å². The van der Waals surface area contributed by atoms with Crippen molar-refractivity contribution >= 4 is 17.9 Å². The summed E-state index contributed by atoms with van der Waals surface area (Å²) in [5, 5.41) is 8.10. The summed E-state index contributed by atoms with van der Waals surface area (Å²) in [7, 11) is 0. The van der Waals surface area contributed by atoms with Crippen LogP contribution >= 0.6 is 0 Å². The molecule has 6 nitrogen and oxygen atoms in total. The lowest BCUT2D eigenvalue weighted by Crippen LogP contribution is -2.12. The molecule has 1 unspecified atom stereocenters. The van der Waals surface area contributed by atoms with Crippen LogP contribution in [0, 0.1) is 5.92 Å². The molecule has 0 bridgehead atoms. The van der Waals surface area contributed by atoms with Crippen LogP contribution < -0.4 is 0 Å². The molecule has 6 heteroatoms. The van der Waals surface area contributed by atoms with Gasteiger partial charge in [0.25, 0.3) is 0 Å². The maximum Gasteiger partial charge on any atom is 0.330 e. The monoisotopic (exact) mass is 340 g/mol. The van der Waals surface area contributed by atoms with Crippen LogP contribution in [-0.2, 0) is 23.9 Å². The minimum atomic E-state index is -1.09. The fourth-order valence-corrected chi connectivity index (χ4v) is 1.55. The molecule has 0 fully saturated rings. The zero-order valence-electron chi connectivity index (χ0n) is 14.5. The quantitative estimate of drug-likeness (QED) is 0.351. The van der Waals surface area contributed by atoms with E-state index in [4.69, 9.17) is 9.84 Å². The van der Waals surface area contributed by atoms with E-state index in [1.165, 1.54) is 25.0 Å². The van der Waals surface area contributed by atoms with Gasteiger partial charge in [-0.05, 0) is 12.3 Å². The second kappa shape index (κ2) is 17.0. The van der Waals surface area contributed by atoms with Crippen molar-refractivity contribution in [2.24, 2.45) is 5.92 Å². The Morgan fingerprint density at radius 2 is 1.88 bits per heavy atom. The normalized spacial score (nSPS) is 10.9. The highest BCUT2D eigenvalue weighted by Gasteiger charge is 2.07. The average molecular weight is 340 g/mol. The molecular formula is C18H28O6. The maximum absolute atomic E-state index is 10.8. The minimum absolute atomic E-state index is 0.0572. The molecular weight excluding hydrogens is 312 g/mol. The minimum Gasteiger partial charge on any atom is -0.478 e. The molecule has 0 rings (SSSR count). The third-order valence-electron chi connectivity index (χ3n) is 2.93. The zero-order valence-corrected chi connectivity index (χ0v) is 14.5. The summed E-state index contributed by atoms with van der Waals surface area (Å²) in [6.07, 6.45) is 8.87. The Morgan fingerprint density at radius 1 is 1.21 bits per heavy atom. The Bertz CT molecular complexity index is 425. The van der Waals surface area contributed by atoms with Gasteiger partial charge in [0.1, 0.15) is 0 Å². The van der Waals surface area contributed by atoms with Crippen LogP contribution in [0.1, 0.15) is 46.0 Å². The van der Waals surface area contributed by atoms with Crippen LogP contribution in [-0.4, -0.2) is 29.6 Å². The van der Waals surface area contributed by atoms with Crippen molar-refractivity contribution in [1.29, 1.82) is 0 Å². The smallest absolute Gasteiger partial charge is 0.330 e. The predicted molar refractivity (Wildman–Crippen MR) is 92.1 cm³/mol. The van der Waals surface area contributed by atoms with Gasteiger partial charge < -0.3 is 14.6 Å². The molecule has 0 aliphatic heterocycles. The van der Waals surface area contributed by atoms with Gasteiger partial charge in [-0.2, -0.15) is 0 Å². The second-order valence-electron chi connectivity index (χ2n) is 4.85. The zero-order chi connectivity index (χ0) is 18.8. The van der Waals surface area contributed by atoms with Crippen molar-refractivity contribution < 1.29 is 29.0 Å². The van der Waals surface area contributed by atoms with E-state index in [1.807, 2.05) is 0 Å². The number of carboxylic acids is 1. The van der Waals surface area contributed by atoms with Gasteiger partial charge in [0.15, 0.2) is 0 Å². The summed E-state index contributed by atoms with van der Waals surface area (Å²) in [4.78, 5) is 31.1. The molecule has 0 saturated carbocycles. The van der Waals surface area contributed by atoms with Crippen molar-refractivity contribution in [2.75, 3.05) is 6.61 Å². The number of rotatable bonds is 11. The molecule has 0 aromatic heterocycles. The topological polar surface area (TPSA) is 89.9 Å². The summed E-state index contributed by atoms with van der Waals surface area (Å²) in [6.45, 7) is 11.4. The van der Waals surface area contributed by atoms with Crippen LogP contribution in [0.15, 0.2) is 37.6 Å². The lowest BCUT2D eigenvalue weighted by atomic mass is 10.0. The fourth-order valence-electron chi connectivity index (χ4n) is 1.55. The van der Waals surface area contributed by atoms with Crippen molar-refractivity contribution in [3.05, 3.63) is 37.6 Å². The van der Waals surface area contributed by atoms with Crippen molar-refractivity contribution in [3.63, 3.8) is 0 Å². The highest BCUT2D eigenvalue weighted by Crippen LogP contribution is 2.12. The van der Waals surface area contributed by atoms with E-state index in [1.54, 1.807) is 0 Å². The van der Waals surface area contributed by atoms with Gasteiger partial charge in [0, 0.05) is 12.2 Å². The number of carboxylic acid groups (broad SMARTS) is 1. The fraction of sp³-hybridized carbons (Fsp3) is 0.500. The maximum atomic E-state index is 10.8. The summed E-state index contributed by atoms with van der Waals surface area (Å²) in [5.41, 5.74) is 0. The van der Waals surface area contributed by atoms with Gasteiger partial charge >= 0.3 is 17.9 Å². The SMILES string of the molecule is C=CC(=O)OCC(CC)CCCC.C=COC(=O)CC=CC(=O)O. The van der Waals surface area contributed by atoms with Gasteiger partial charge in [-0.3, -0.25) is 4.79 Å². The van der Waals surface area contributed by atoms with Crippen LogP contribution in [0.2, 0.25) is 0 Å². The Hall–Kier alpha value is -2.37. The Morgan fingerprint density at radius 3 is 2.33 bits per heavy atom. The molecule has 1 N–H and O–H groups in total. The highest BCUT2D eigenvalue weighted by molar-refractivity contribution is 5.81.